The molecule has 0 bridgehead atoms. The van der Waals surface area contributed by atoms with E-state index < -0.39 is 0 Å². The predicted octanol–water partition coefficient (Wildman–Crippen LogP) is 2.91. The van der Waals surface area contributed by atoms with E-state index in [-0.39, 0.29) is 0 Å². The van der Waals surface area contributed by atoms with Gasteiger partial charge in [0.25, 0.3) is 0 Å². The Kier molecular flexibility index (Phi) is 2.64. The molecule has 1 aliphatic heterocycles. The smallest absolute Gasteiger partial charge is 0.00380 e. The number of hydrogen-bond acceptors (Lipinski definition) is 1. The van der Waals surface area contributed by atoms with Crippen molar-refractivity contribution in [3.63, 3.8) is 0 Å². The summed E-state index contributed by atoms with van der Waals surface area (Å²) >= 11 is 0. The van der Waals surface area contributed by atoms with E-state index in [9.17, 15) is 0 Å². The molecule has 0 aromatic heterocycles. The number of piperidine rings is 1. The minimum atomic E-state index is 0.744. The van der Waals surface area contributed by atoms with Gasteiger partial charge in [0.1, 0.15) is 0 Å². The second kappa shape index (κ2) is 3.61. The van der Waals surface area contributed by atoms with Crippen LogP contribution < -0.4 is 0 Å². The van der Waals surface area contributed by atoms with Crippen molar-refractivity contribution >= 4 is 0 Å². The van der Waals surface area contributed by atoms with Crippen molar-refractivity contribution in [1.82, 2.24) is 4.90 Å². The van der Waals surface area contributed by atoms with E-state index in [0.717, 1.165) is 11.3 Å². The highest BCUT2D eigenvalue weighted by Crippen LogP contribution is 2.47. The normalized spacial score (nSPS) is 41.5. The molecule has 0 N–H and O–H groups in total. The average molecular weight is 181 g/mol. The molecular weight excluding hydrogens is 158 g/mol. The maximum atomic E-state index is 2.65. The fourth-order valence-electron chi connectivity index (χ4n) is 3.45. The van der Waals surface area contributed by atoms with Gasteiger partial charge in [-0.2, -0.15) is 0 Å². The topological polar surface area (TPSA) is 3.24 Å². The van der Waals surface area contributed by atoms with E-state index in [1.165, 1.54) is 51.7 Å². The summed E-state index contributed by atoms with van der Waals surface area (Å²) in [4.78, 5) is 2.65. The molecule has 76 valence electrons. The zero-order chi connectivity index (χ0) is 9.31. The van der Waals surface area contributed by atoms with Crippen molar-refractivity contribution in [2.45, 2.75) is 46.0 Å². The molecule has 1 saturated carbocycles. The van der Waals surface area contributed by atoms with Crippen LogP contribution in [0, 0.1) is 11.3 Å². The Labute approximate surface area is 82.5 Å². The maximum absolute atomic E-state index is 2.65. The molecule has 13 heavy (non-hydrogen) atoms. The van der Waals surface area contributed by atoms with Crippen molar-refractivity contribution in [3.8, 4) is 0 Å². The molecule has 1 nitrogen and oxygen atoms in total. The zero-order valence-corrected chi connectivity index (χ0v) is 9.18. The molecule has 2 unspecified atom stereocenters. The van der Waals surface area contributed by atoms with Crippen molar-refractivity contribution in [3.05, 3.63) is 0 Å². The lowest BCUT2D eigenvalue weighted by Gasteiger charge is -2.40. The van der Waals surface area contributed by atoms with Crippen molar-refractivity contribution in [1.29, 1.82) is 0 Å². The van der Waals surface area contributed by atoms with Gasteiger partial charge < -0.3 is 4.90 Å². The van der Waals surface area contributed by atoms with Crippen LogP contribution in [0.3, 0.4) is 0 Å². The third-order valence-electron chi connectivity index (χ3n) is 4.14. The summed E-state index contributed by atoms with van der Waals surface area (Å²) in [7, 11) is 0. The fourth-order valence-corrected chi connectivity index (χ4v) is 3.45. The molecular formula is C12H23N. The highest BCUT2D eigenvalue weighted by Gasteiger charge is 2.39. The van der Waals surface area contributed by atoms with Crippen LogP contribution in [0.1, 0.15) is 46.0 Å². The summed E-state index contributed by atoms with van der Waals surface area (Å²) in [5.41, 5.74) is 0.744. The van der Waals surface area contributed by atoms with E-state index in [1.807, 2.05) is 0 Å². The minimum absolute atomic E-state index is 0.744. The molecule has 1 aliphatic carbocycles. The number of nitrogens with zero attached hydrogens (tertiary/aromatic N) is 1. The quantitative estimate of drug-likeness (QED) is 0.601. The SMILES string of the molecule is CCN1CCCC2(CCC(C)C2)C1. The lowest BCUT2D eigenvalue weighted by molar-refractivity contribution is 0.0945. The number of likely N-dealkylation sites (tertiary alicyclic amines) is 1. The van der Waals surface area contributed by atoms with E-state index in [2.05, 4.69) is 18.7 Å². The van der Waals surface area contributed by atoms with Gasteiger partial charge in [-0.05, 0) is 50.1 Å². The third-order valence-corrected chi connectivity index (χ3v) is 4.14. The van der Waals surface area contributed by atoms with Crippen LogP contribution in [-0.4, -0.2) is 24.5 Å². The van der Waals surface area contributed by atoms with Crippen LogP contribution in [-0.2, 0) is 0 Å². The highest BCUT2D eigenvalue weighted by atomic mass is 15.1. The molecule has 2 atom stereocenters. The van der Waals surface area contributed by atoms with Gasteiger partial charge in [-0.1, -0.05) is 20.3 Å². The molecule has 2 rings (SSSR count). The summed E-state index contributed by atoms with van der Waals surface area (Å²) in [6.07, 6.45) is 7.44. The minimum Gasteiger partial charge on any atom is -0.303 e. The molecule has 0 aromatic carbocycles. The summed E-state index contributed by atoms with van der Waals surface area (Å²) in [6, 6.07) is 0. The Balaban J connectivity index is 1.98. The highest BCUT2D eigenvalue weighted by molar-refractivity contribution is 4.92. The molecule has 1 saturated heterocycles. The van der Waals surface area contributed by atoms with Crippen LogP contribution >= 0.6 is 0 Å². The van der Waals surface area contributed by atoms with Gasteiger partial charge in [0.2, 0.25) is 0 Å². The average Bonchev–Trinajstić information content (AvgIpc) is 2.47. The second-order valence-electron chi connectivity index (χ2n) is 5.32. The first kappa shape index (κ1) is 9.51. The first-order valence-electron chi connectivity index (χ1n) is 5.96. The second-order valence-corrected chi connectivity index (χ2v) is 5.32. The zero-order valence-electron chi connectivity index (χ0n) is 9.18. The fraction of sp³-hybridized carbons (Fsp3) is 1.00. The van der Waals surface area contributed by atoms with E-state index >= 15 is 0 Å². The van der Waals surface area contributed by atoms with Gasteiger partial charge in [-0.25, -0.2) is 0 Å². The van der Waals surface area contributed by atoms with Gasteiger partial charge in [0.05, 0.1) is 0 Å². The van der Waals surface area contributed by atoms with Crippen LogP contribution in [0.25, 0.3) is 0 Å². The van der Waals surface area contributed by atoms with Gasteiger partial charge in [-0.3, -0.25) is 0 Å². The van der Waals surface area contributed by atoms with E-state index in [0.29, 0.717) is 0 Å². The molecule has 0 aromatic rings. The van der Waals surface area contributed by atoms with E-state index in [4.69, 9.17) is 0 Å². The first-order chi connectivity index (χ1) is 6.24. The standard InChI is InChI=1S/C12H23N/c1-3-13-8-4-6-12(10-13)7-5-11(2)9-12/h11H,3-10H2,1-2H3. The van der Waals surface area contributed by atoms with Crippen molar-refractivity contribution < 1.29 is 0 Å². The molecule has 1 heterocycles. The predicted molar refractivity (Wildman–Crippen MR) is 56.8 cm³/mol. The lowest BCUT2D eigenvalue weighted by Crippen LogP contribution is -2.41. The Morgan fingerprint density at radius 1 is 1.38 bits per heavy atom. The van der Waals surface area contributed by atoms with Gasteiger partial charge in [0, 0.05) is 6.54 Å². The Morgan fingerprint density at radius 3 is 2.85 bits per heavy atom. The monoisotopic (exact) mass is 181 g/mol. The maximum Gasteiger partial charge on any atom is 0.00380 e. The Bertz CT molecular complexity index is 174. The van der Waals surface area contributed by atoms with Crippen molar-refractivity contribution in [2.24, 2.45) is 11.3 Å². The molecule has 1 spiro atoms. The largest absolute Gasteiger partial charge is 0.303 e. The molecule has 1 heteroatoms. The summed E-state index contributed by atoms with van der Waals surface area (Å²) in [5.74, 6) is 0.997. The van der Waals surface area contributed by atoms with Gasteiger partial charge in [-0.15, -0.1) is 0 Å². The van der Waals surface area contributed by atoms with Crippen LogP contribution in [0.5, 0.6) is 0 Å². The molecule has 0 amide bonds. The number of rotatable bonds is 1. The molecule has 2 aliphatic rings. The molecule has 2 fully saturated rings. The Hall–Kier alpha value is -0.0400. The van der Waals surface area contributed by atoms with Crippen LogP contribution in [0.15, 0.2) is 0 Å². The number of hydrogen-bond donors (Lipinski definition) is 0. The van der Waals surface area contributed by atoms with Crippen LogP contribution in [0.4, 0.5) is 0 Å². The summed E-state index contributed by atoms with van der Waals surface area (Å²) in [6.45, 7) is 8.74. The lowest BCUT2D eigenvalue weighted by atomic mass is 9.78. The summed E-state index contributed by atoms with van der Waals surface area (Å²) < 4.78 is 0. The van der Waals surface area contributed by atoms with Gasteiger partial charge in [0.15, 0.2) is 0 Å². The van der Waals surface area contributed by atoms with E-state index in [1.54, 1.807) is 0 Å². The molecule has 0 radical (unpaired) electrons. The first-order valence-corrected chi connectivity index (χ1v) is 5.96. The van der Waals surface area contributed by atoms with Gasteiger partial charge >= 0.3 is 0 Å². The summed E-state index contributed by atoms with van der Waals surface area (Å²) in [5, 5.41) is 0. The van der Waals surface area contributed by atoms with Crippen molar-refractivity contribution in [2.75, 3.05) is 19.6 Å². The van der Waals surface area contributed by atoms with Crippen LogP contribution in [0.2, 0.25) is 0 Å². The third kappa shape index (κ3) is 1.90. The Morgan fingerprint density at radius 2 is 2.23 bits per heavy atom.